The summed E-state index contributed by atoms with van der Waals surface area (Å²) in [4.78, 5) is 24.2. The number of carbonyl (C=O) groups is 2. The van der Waals surface area contributed by atoms with E-state index in [0.717, 1.165) is 0 Å². The molecule has 176 valence electrons. The Balaban J connectivity index is 1.66. The molecule has 32 heavy (non-hydrogen) atoms. The van der Waals surface area contributed by atoms with Crippen molar-refractivity contribution in [2.24, 2.45) is 22.7 Å². The Labute approximate surface area is 197 Å². The molecule has 1 heterocycles. The van der Waals surface area contributed by atoms with Crippen molar-refractivity contribution in [1.29, 1.82) is 0 Å². The summed E-state index contributed by atoms with van der Waals surface area (Å²) in [5, 5.41) is 9.24. The van der Waals surface area contributed by atoms with Crippen molar-refractivity contribution in [3.63, 3.8) is 0 Å². The highest BCUT2D eigenvalue weighted by Crippen LogP contribution is 2.73. The highest BCUT2D eigenvalue weighted by molar-refractivity contribution is 6.34. The third-order valence-electron chi connectivity index (χ3n) is 9.14. The lowest BCUT2D eigenvalue weighted by molar-refractivity contribution is -0.213. The predicted molar refractivity (Wildman–Crippen MR) is 117 cm³/mol. The number of ether oxygens (including phenoxy) is 2. The van der Waals surface area contributed by atoms with E-state index in [9.17, 15) is 14.7 Å². The molecule has 0 aromatic rings. The second-order valence-electron chi connectivity index (χ2n) is 11.0. The van der Waals surface area contributed by atoms with Crippen LogP contribution in [-0.4, -0.2) is 57.2 Å². The second-order valence-corrected chi connectivity index (χ2v) is 12.1. The minimum atomic E-state index is -1.37. The first-order valence-electron chi connectivity index (χ1n) is 11.2. The van der Waals surface area contributed by atoms with Crippen molar-refractivity contribution in [3.05, 3.63) is 23.8 Å². The highest BCUT2D eigenvalue weighted by Gasteiger charge is 2.79. The number of fused-ring (bicyclic) bond motifs is 7. The zero-order chi connectivity index (χ0) is 23.5. The van der Waals surface area contributed by atoms with Crippen molar-refractivity contribution in [2.45, 2.75) is 80.9 Å². The molecule has 0 spiro atoms. The van der Waals surface area contributed by atoms with Gasteiger partial charge in [-0.25, -0.2) is 4.39 Å². The Morgan fingerprint density at radius 1 is 1.25 bits per heavy atom. The quantitative estimate of drug-likeness (QED) is 0.599. The second kappa shape index (κ2) is 6.66. The van der Waals surface area contributed by atoms with Crippen LogP contribution < -0.4 is 0 Å². The van der Waals surface area contributed by atoms with E-state index in [1.165, 1.54) is 12.2 Å². The number of aliphatic hydroxyl groups is 1. The number of hydrogen-bond acceptors (Lipinski definition) is 5. The number of carbonyl (C=O) groups excluding carboxylic acids is 2. The lowest BCUT2D eigenvalue weighted by Gasteiger charge is -2.64. The number of alkyl halides is 3. The molecule has 3 saturated carbocycles. The van der Waals surface area contributed by atoms with E-state index < -0.39 is 57.1 Å². The van der Waals surface area contributed by atoms with Gasteiger partial charge in [-0.15, -0.1) is 23.2 Å². The van der Waals surface area contributed by atoms with Crippen LogP contribution in [0, 0.1) is 22.7 Å². The number of Topliss-reactive ketones (excluding diaryl/α,β-unsaturated/α-hetero) is 1. The van der Waals surface area contributed by atoms with Gasteiger partial charge in [-0.1, -0.05) is 19.9 Å². The Bertz CT molecular complexity index is 964. The summed E-state index contributed by atoms with van der Waals surface area (Å²) in [5.74, 6) is -2.28. The molecule has 4 aliphatic carbocycles. The van der Waals surface area contributed by atoms with Crippen LogP contribution in [0.5, 0.6) is 0 Å². The van der Waals surface area contributed by atoms with Crippen LogP contribution in [0.4, 0.5) is 4.39 Å². The molecule has 5 rings (SSSR count). The zero-order valence-electron chi connectivity index (χ0n) is 18.7. The van der Waals surface area contributed by atoms with Crippen molar-refractivity contribution >= 4 is 34.8 Å². The predicted octanol–water partition coefficient (Wildman–Crippen LogP) is 3.88. The molecule has 5 nitrogen and oxygen atoms in total. The first-order chi connectivity index (χ1) is 14.8. The lowest BCUT2D eigenvalue weighted by atomic mass is 9.46. The SMILES string of the molecule is CC1(C)OC2CC3C4CC(F)C5=CC(=O)C=C[C@]5(C)[C@@]4(Cl)C(Cl)C[C@]3(C)[C@]2(C(=O)CO)O1. The molecule has 8 heteroatoms. The molecular formula is C24H29Cl2FO5. The summed E-state index contributed by atoms with van der Waals surface area (Å²) in [5.41, 5.74) is -2.74. The standard InChI is InChI=1S/C24H29Cl2FO5/c1-20(2)31-19-9-13-14-8-16(27)15-7-12(29)5-6-21(15,3)23(14,26)17(25)10-22(13,4)24(19,32-20)18(30)11-28/h5-7,13-14,16-17,19,28H,8-11H2,1-4H3/t13?,14?,16?,17?,19?,21-,22-,23-,24+/m0/s1. The highest BCUT2D eigenvalue weighted by atomic mass is 35.5. The molecule has 5 unspecified atom stereocenters. The number of halogens is 3. The maximum absolute atomic E-state index is 15.6. The minimum absolute atomic E-state index is 0.106. The van der Waals surface area contributed by atoms with Crippen LogP contribution in [-0.2, 0) is 19.1 Å². The van der Waals surface area contributed by atoms with Gasteiger partial charge in [0.15, 0.2) is 23.0 Å². The molecule has 1 aliphatic heterocycles. The fraction of sp³-hybridized carbons (Fsp3) is 0.750. The maximum Gasteiger partial charge on any atom is 0.193 e. The molecule has 5 aliphatic rings. The van der Waals surface area contributed by atoms with E-state index in [1.54, 1.807) is 19.9 Å². The molecule has 4 fully saturated rings. The fourth-order valence-electron chi connectivity index (χ4n) is 7.85. The van der Waals surface area contributed by atoms with Crippen LogP contribution in [0.15, 0.2) is 23.8 Å². The van der Waals surface area contributed by atoms with Crippen LogP contribution in [0.1, 0.15) is 47.0 Å². The van der Waals surface area contributed by atoms with Crippen LogP contribution in [0.3, 0.4) is 0 Å². The summed E-state index contributed by atoms with van der Waals surface area (Å²) in [6.07, 6.45) is 3.47. The largest absolute Gasteiger partial charge is 0.388 e. The molecular weight excluding hydrogens is 458 g/mol. The average Bonchev–Trinajstić information content (AvgIpc) is 3.11. The monoisotopic (exact) mass is 486 g/mol. The summed E-state index contributed by atoms with van der Waals surface area (Å²) < 4.78 is 28.1. The van der Waals surface area contributed by atoms with E-state index in [-0.39, 0.29) is 24.0 Å². The number of allylic oxidation sites excluding steroid dienone is 4. The van der Waals surface area contributed by atoms with E-state index >= 15 is 4.39 Å². The first kappa shape index (κ1) is 23.0. The van der Waals surface area contributed by atoms with Gasteiger partial charge in [0.1, 0.15) is 12.8 Å². The third-order valence-corrected chi connectivity index (χ3v) is 10.7. The van der Waals surface area contributed by atoms with Crippen molar-refractivity contribution in [2.75, 3.05) is 6.61 Å². The molecule has 0 amide bonds. The van der Waals surface area contributed by atoms with Gasteiger partial charge in [0, 0.05) is 10.8 Å². The molecule has 1 saturated heterocycles. The van der Waals surface area contributed by atoms with Gasteiger partial charge in [0.05, 0.1) is 16.4 Å². The number of ketones is 2. The van der Waals surface area contributed by atoms with Crippen molar-refractivity contribution in [1.82, 2.24) is 0 Å². The summed E-state index contributed by atoms with van der Waals surface area (Å²) in [6, 6.07) is 0. The maximum atomic E-state index is 15.6. The number of rotatable bonds is 2. The van der Waals surface area contributed by atoms with E-state index in [1.807, 2.05) is 13.8 Å². The summed E-state index contributed by atoms with van der Waals surface area (Å²) in [7, 11) is 0. The van der Waals surface area contributed by atoms with E-state index in [4.69, 9.17) is 32.7 Å². The van der Waals surface area contributed by atoms with Crippen molar-refractivity contribution in [3.8, 4) is 0 Å². The van der Waals surface area contributed by atoms with Gasteiger partial charge in [0.25, 0.3) is 0 Å². The molecule has 0 aromatic carbocycles. The number of hydrogen-bond donors (Lipinski definition) is 1. The number of aliphatic hydroxyl groups excluding tert-OH is 1. The molecule has 0 bridgehead atoms. The summed E-state index contributed by atoms with van der Waals surface area (Å²) >= 11 is 14.5. The van der Waals surface area contributed by atoms with Gasteiger partial charge in [0.2, 0.25) is 0 Å². The topological polar surface area (TPSA) is 72.8 Å². The average molecular weight is 487 g/mol. The third kappa shape index (κ3) is 2.46. The Kier molecular flexibility index (Phi) is 4.78. The Morgan fingerprint density at radius 3 is 2.59 bits per heavy atom. The van der Waals surface area contributed by atoms with E-state index in [2.05, 4.69) is 0 Å². The van der Waals surface area contributed by atoms with Gasteiger partial charge < -0.3 is 14.6 Å². The normalized spacial score (nSPS) is 53.2. The minimum Gasteiger partial charge on any atom is -0.388 e. The smallest absolute Gasteiger partial charge is 0.193 e. The molecule has 9 atom stereocenters. The van der Waals surface area contributed by atoms with Crippen LogP contribution >= 0.6 is 23.2 Å². The lowest BCUT2D eigenvalue weighted by Crippen LogP contribution is -2.69. The van der Waals surface area contributed by atoms with Gasteiger partial charge in [-0.05, 0) is 62.7 Å². The summed E-state index contributed by atoms with van der Waals surface area (Å²) in [6.45, 7) is 6.63. The molecule has 0 aromatic heterocycles. The van der Waals surface area contributed by atoms with Crippen molar-refractivity contribution < 1.29 is 28.6 Å². The molecule has 0 radical (unpaired) electrons. The van der Waals surface area contributed by atoms with E-state index in [0.29, 0.717) is 18.4 Å². The Hall–Kier alpha value is -0.790. The van der Waals surface area contributed by atoms with Crippen LogP contribution in [0.25, 0.3) is 0 Å². The van der Waals surface area contributed by atoms with Gasteiger partial charge in [-0.2, -0.15) is 0 Å². The fourth-order valence-corrected chi connectivity index (χ4v) is 9.05. The zero-order valence-corrected chi connectivity index (χ0v) is 20.2. The van der Waals surface area contributed by atoms with Gasteiger partial charge >= 0.3 is 0 Å². The van der Waals surface area contributed by atoms with Gasteiger partial charge in [-0.3, -0.25) is 9.59 Å². The molecule has 1 N–H and O–H groups in total. The van der Waals surface area contributed by atoms with Crippen LogP contribution in [0.2, 0.25) is 0 Å². The first-order valence-corrected chi connectivity index (χ1v) is 12.0. The Morgan fingerprint density at radius 2 is 1.94 bits per heavy atom.